The molecule has 0 aliphatic heterocycles. The predicted octanol–water partition coefficient (Wildman–Crippen LogP) is 6.69. The number of hydrogen-bond acceptors (Lipinski definition) is 3. The largest absolute Gasteiger partial charge is 0.392 e. The normalized spacial score (nSPS) is 27.3. The smallest absolute Gasteiger partial charge is 0.0651 e. The molecule has 185 valence electrons. The van der Waals surface area contributed by atoms with Crippen molar-refractivity contribution >= 4 is 0 Å². The van der Waals surface area contributed by atoms with Gasteiger partial charge >= 0.3 is 0 Å². The quantitative estimate of drug-likeness (QED) is 0.363. The van der Waals surface area contributed by atoms with E-state index in [1.807, 2.05) is 42.5 Å². The molecule has 0 spiro atoms. The van der Waals surface area contributed by atoms with E-state index in [2.05, 4.69) is 38.7 Å². The Hall–Kier alpha value is -1.06. The molecule has 1 aromatic carbocycles. The zero-order valence-corrected chi connectivity index (χ0v) is 23.2. The van der Waals surface area contributed by atoms with Gasteiger partial charge in [0.1, 0.15) is 0 Å². The predicted molar refractivity (Wildman–Crippen MR) is 132 cm³/mol. The monoisotopic (exact) mass is 629 g/mol. The maximum Gasteiger partial charge on any atom is 0.0651 e. The third kappa shape index (κ3) is 5.78. The number of rotatable bonds is 5. The van der Waals surface area contributed by atoms with Crippen molar-refractivity contribution in [1.82, 2.24) is 4.98 Å². The molecule has 3 nitrogen and oxygen atoms in total. The van der Waals surface area contributed by atoms with Gasteiger partial charge in [-0.15, -0.1) is 35.9 Å². The van der Waals surface area contributed by atoms with Gasteiger partial charge in [-0.3, -0.25) is 0 Å². The van der Waals surface area contributed by atoms with Crippen LogP contribution in [0.2, 0.25) is 0 Å². The van der Waals surface area contributed by atoms with E-state index >= 15 is 0 Å². The summed E-state index contributed by atoms with van der Waals surface area (Å²) in [5.74, 6) is 0.636. The summed E-state index contributed by atoms with van der Waals surface area (Å²) >= 11 is 0. The van der Waals surface area contributed by atoms with E-state index in [1.165, 1.54) is 12.8 Å². The second-order valence-electron chi connectivity index (χ2n) is 9.95. The first-order chi connectivity index (χ1) is 15.5. The van der Waals surface area contributed by atoms with Crippen LogP contribution < -0.4 is 0 Å². The minimum absolute atomic E-state index is 0. The molecule has 2 aliphatic rings. The fourth-order valence-corrected chi connectivity index (χ4v) is 6.50. The molecule has 33 heavy (non-hydrogen) atoms. The molecule has 2 N–H and O–H groups in total. The van der Waals surface area contributed by atoms with Gasteiger partial charge in [0.05, 0.1) is 12.2 Å². The SMILES string of the molecule is CCC1(CC)CCCC2CC(CC)(CC)C(O)C2C1O.[Ir].[c-]1ccccc1-c1ccccn1. The van der Waals surface area contributed by atoms with Crippen molar-refractivity contribution < 1.29 is 30.3 Å². The Morgan fingerprint density at radius 1 is 0.909 bits per heavy atom. The van der Waals surface area contributed by atoms with E-state index < -0.39 is 0 Å². The van der Waals surface area contributed by atoms with E-state index in [9.17, 15) is 10.2 Å². The second kappa shape index (κ2) is 12.6. The molecule has 1 aromatic heterocycles. The van der Waals surface area contributed by atoms with Crippen molar-refractivity contribution in [3.8, 4) is 11.3 Å². The summed E-state index contributed by atoms with van der Waals surface area (Å²) in [5.41, 5.74) is 2.11. The molecule has 0 bridgehead atoms. The van der Waals surface area contributed by atoms with Crippen LogP contribution in [0, 0.1) is 28.7 Å². The number of aliphatic hydroxyl groups excluding tert-OH is 2. The Balaban J connectivity index is 0.000000253. The van der Waals surface area contributed by atoms with Gasteiger partial charge in [0.2, 0.25) is 0 Å². The molecule has 4 unspecified atom stereocenters. The first-order valence-corrected chi connectivity index (χ1v) is 12.7. The van der Waals surface area contributed by atoms with Gasteiger partial charge in [0, 0.05) is 32.2 Å². The van der Waals surface area contributed by atoms with Crippen molar-refractivity contribution in [2.75, 3.05) is 0 Å². The van der Waals surface area contributed by atoms with Crippen LogP contribution >= 0.6 is 0 Å². The summed E-state index contributed by atoms with van der Waals surface area (Å²) in [6.45, 7) is 8.83. The number of aromatic nitrogens is 1. The van der Waals surface area contributed by atoms with Gasteiger partial charge in [-0.2, -0.15) is 0 Å². The van der Waals surface area contributed by atoms with E-state index in [4.69, 9.17) is 0 Å². The Bertz CT molecular complexity index is 767. The first-order valence-electron chi connectivity index (χ1n) is 12.7. The summed E-state index contributed by atoms with van der Waals surface area (Å²) in [6, 6.07) is 16.8. The first kappa shape index (κ1) is 28.2. The Morgan fingerprint density at radius 3 is 2.09 bits per heavy atom. The molecule has 0 amide bonds. The summed E-state index contributed by atoms with van der Waals surface area (Å²) < 4.78 is 0. The standard InChI is InChI=1S/C18H34O2.C11H8N.Ir/c1-5-17(6-2)11-9-10-13-12-18(7-3,8-4)16(20)14(13)15(17)19;1-2-6-10(7-3-1)11-8-4-5-9-12-11;/h13-16,19-20H,5-12H2,1-4H3;1-6,8-9H;/q;-1;. The molecule has 2 saturated carbocycles. The summed E-state index contributed by atoms with van der Waals surface area (Å²) in [5, 5.41) is 22.1. The van der Waals surface area contributed by atoms with Gasteiger partial charge in [0.15, 0.2) is 0 Å². The summed E-state index contributed by atoms with van der Waals surface area (Å²) in [7, 11) is 0. The van der Waals surface area contributed by atoms with Crippen molar-refractivity contribution in [3.63, 3.8) is 0 Å². The van der Waals surface area contributed by atoms with Gasteiger partial charge < -0.3 is 15.2 Å². The van der Waals surface area contributed by atoms with Crippen molar-refractivity contribution in [2.45, 2.75) is 91.3 Å². The van der Waals surface area contributed by atoms with Crippen LogP contribution in [-0.2, 0) is 20.1 Å². The zero-order valence-electron chi connectivity index (χ0n) is 20.8. The van der Waals surface area contributed by atoms with Gasteiger partial charge in [-0.25, -0.2) is 0 Å². The van der Waals surface area contributed by atoms with Crippen LogP contribution in [0.1, 0.15) is 79.1 Å². The molecule has 4 atom stereocenters. The van der Waals surface area contributed by atoms with Crippen molar-refractivity contribution in [3.05, 3.63) is 54.7 Å². The average Bonchev–Trinajstić information content (AvgIpc) is 3.06. The zero-order chi connectivity index (χ0) is 23.2. The topological polar surface area (TPSA) is 53.4 Å². The molecule has 1 heterocycles. The molecule has 2 aromatic rings. The van der Waals surface area contributed by atoms with Crippen LogP contribution in [0.3, 0.4) is 0 Å². The van der Waals surface area contributed by atoms with Crippen molar-refractivity contribution in [2.24, 2.45) is 22.7 Å². The fraction of sp³-hybridized carbons (Fsp3) is 0.621. The van der Waals surface area contributed by atoms with Crippen LogP contribution in [0.15, 0.2) is 48.7 Å². The molecule has 2 aliphatic carbocycles. The molecular formula is C29H42IrNO2-. The molecule has 1 radical (unpaired) electrons. The Kier molecular flexibility index (Phi) is 10.7. The van der Waals surface area contributed by atoms with E-state index in [1.54, 1.807) is 6.20 Å². The molecular weight excluding hydrogens is 587 g/mol. The number of hydrogen-bond donors (Lipinski definition) is 2. The fourth-order valence-electron chi connectivity index (χ4n) is 6.50. The minimum Gasteiger partial charge on any atom is -0.392 e. The summed E-state index contributed by atoms with van der Waals surface area (Å²) in [4.78, 5) is 4.22. The number of aliphatic hydroxyl groups is 2. The van der Waals surface area contributed by atoms with Gasteiger partial charge in [0.25, 0.3) is 0 Å². The molecule has 4 rings (SSSR count). The average molecular weight is 629 g/mol. The minimum atomic E-state index is -0.319. The van der Waals surface area contributed by atoms with Gasteiger partial charge in [-0.05, 0) is 73.5 Å². The third-order valence-electron chi connectivity index (χ3n) is 8.91. The van der Waals surface area contributed by atoms with E-state index in [-0.39, 0.29) is 49.1 Å². The maximum absolute atomic E-state index is 11.1. The van der Waals surface area contributed by atoms with E-state index in [0.717, 1.165) is 49.8 Å². The number of fused-ring (bicyclic) bond motifs is 1. The second-order valence-corrected chi connectivity index (χ2v) is 9.95. The number of pyridine rings is 1. The number of benzene rings is 1. The van der Waals surface area contributed by atoms with Crippen LogP contribution in [0.4, 0.5) is 0 Å². The molecule has 0 saturated heterocycles. The van der Waals surface area contributed by atoms with Gasteiger partial charge in [-0.1, -0.05) is 46.2 Å². The Labute approximate surface area is 214 Å². The number of nitrogens with zero attached hydrogens (tertiary/aromatic N) is 1. The third-order valence-corrected chi connectivity index (χ3v) is 8.91. The van der Waals surface area contributed by atoms with Crippen LogP contribution in [0.5, 0.6) is 0 Å². The van der Waals surface area contributed by atoms with Crippen LogP contribution in [-0.4, -0.2) is 27.4 Å². The molecule has 4 heteroatoms. The Morgan fingerprint density at radius 2 is 1.55 bits per heavy atom. The summed E-state index contributed by atoms with van der Waals surface area (Å²) in [6.07, 6.45) is 9.96. The van der Waals surface area contributed by atoms with Crippen molar-refractivity contribution in [1.29, 1.82) is 0 Å². The van der Waals surface area contributed by atoms with Crippen LogP contribution in [0.25, 0.3) is 11.3 Å². The molecule has 2 fully saturated rings. The van der Waals surface area contributed by atoms with E-state index in [0.29, 0.717) is 5.92 Å². The maximum atomic E-state index is 11.1.